The number of ether oxygens (including phenoxy) is 3. The van der Waals surface area contributed by atoms with Crippen LogP contribution < -0.4 is 14.8 Å². The van der Waals surface area contributed by atoms with Crippen molar-refractivity contribution in [3.63, 3.8) is 0 Å². The second-order valence-corrected chi connectivity index (χ2v) is 9.56. The molecule has 0 atom stereocenters. The van der Waals surface area contributed by atoms with Crippen molar-refractivity contribution in [1.29, 1.82) is 0 Å². The number of benzene rings is 2. The van der Waals surface area contributed by atoms with Gasteiger partial charge in [0.05, 0.1) is 5.69 Å². The van der Waals surface area contributed by atoms with Crippen molar-refractivity contribution in [1.82, 2.24) is 0 Å². The lowest BCUT2D eigenvalue weighted by Gasteiger charge is -2.30. The standard InChI is InChI=1S/C25H31NO4/c1-24(2,3)17-12-16(13-18(25(4,5)6)22(17)29-15-28-7)14-21-23(27)26-19-10-8-9-11-20(19)30-21/h8-14H,15H2,1-7H3,(H,26,27). The molecule has 0 aliphatic carbocycles. The zero-order chi connectivity index (χ0) is 22.1. The Hall–Kier alpha value is -2.79. The summed E-state index contributed by atoms with van der Waals surface area (Å²) in [4.78, 5) is 12.6. The Bertz CT molecular complexity index is 942. The van der Waals surface area contributed by atoms with Crippen LogP contribution in [0.15, 0.2) is 42.2 Å². The summed E-state index contributed by atoms with van der Waals surface area (Å²) in [6, 6.07) is 11.5. The van der Waals surface area contributed by atoms with Crippen LogP contribution in [0.2, 0.25) is 0 Å². The number of hydrogen-bond acceptors (Lipinski definition) is 4. The molecule has 160 valence electrons. The van der Waals surface area contributed by atoms with Gasteiger partial charge in [0.15, 0.2) is 18.3 Å². The molecule has 3 rings (SSSR count). The number of amides is 1. The molecule has 1 aliphatic rings. The summed E-state index contributed by atoms with van der Waals surface area (Å²) in [5.41, 5.74) is 3.33. The summed E-state index contributed by atoms with van der Waals surface area (Å²) < 4.78 is 17.1. The van der Waals surface area contributed by atoms with Gasteiger partial charge < -0.3 is 19.5 Å². The van der Waals surface area contributed by atoms with Crippen LogP contribution in [0.1, 0.15) is 58.2 Å². The molecule has 2 aromatic carbocycles. The van der Waals surface area contributed by atoms with E-state index in [-0.39, 0.29) is 29.3 Å². The maximum Gasteiger partial charge on any atom is 0.291 e. The fourth-order valence-corrected chi connectivity index (χ4v) is 3.38. The van der Waals surface area contributed by atoms with Crippen LogP contribution in [-0.4, -0.2) is 19.8 Å². The third-order valence-electron chi connectivity index (χ3n) is 4.93. The quantitative estimate of drug-likeness (QED) is 0.525. The van der Waals surface area contributed by atoms with Crippen molar-refractivity contribution < 1.29 is 19.0 Å². The van der Waals surface area contributed by atoms with E-state index in [4.69, 9.17) is 14.2 Å². The van der Waals surface area contributed by atoms with Gasteiger partial charge in [-0.1, -0.05) is 53.7 Å². The Morgan fingerprint density at radius 2 is 1.60 bits per heavy atom. The van der Waals surface area contributed by atoms with Crippen molar-refractivity contribution in [3.8, 4) is 11.5 Å². The van der Waals surface area contributed by atoms with Crippen molar-refractivity contribution in [2.45, 2.75) is 52.4 Å². The first kappa shape index (κ1) is 21.9. The average molecular weight is 410 g/mol. The summed E-state index contributed by atoms with van der Waals surface area (Å²) in [5, 5.41) is 2.89. The highest BCUT2D eigenvalue weighted by Crippen LogP contribution is 2.41. The third-order valence-corrected chi connectivity index (χ3v) is 4.93. The lowest BCUT2D eigenvalue weighted by Crippen LogP contribution is -2.23. The molecule has 1 amide bonds. The van der Waals surface area contributed by atoms with Crippen LogP contribution in [0.3, 0.4) is 0 Å². The Morgan fingerprint density at radius 3 is 2.17 bits per heavy atom. The molecule has 0 saturated carbocycles. The smallest absolute Gasteiger partial charge is 0.291 e. The molecule has 0 aromatic heterocycles. The summed E-state index contributed by atoms with van der Waals surface area (Å²) in [7, 11) is 1.61. The lowest BCUT2D eigenvalue weighted by molar-refractivity contribution is -0.115. The number of carbonyl (C=O) groups excluding carboxylic acids is 1. The second kappa shape index (κ2) is 8.15. The fraction of sp³-hybridized carbons (Fsp3) is 0.400. The highest BCUT2D eigenvalue weighted by atomic mass is 16.7. The van der Waals surface area contributed by atoms with Gasteiger partial charge in [-0.15, -0.1) is 0 Å². The molecule has 5 nitrogen and oxygen atoms in total. The summed E-state index contributed by atoms with van der Waals surface area (Å²) in [5.74, 6) is 1.47. The van der Waals surface area contributed by atoms with Gasteiger partial charge in [0, 0.05) is 18.2 Å². The minimum absolute atomic E-state index is 0.167. The highest BCUT2D eigenvalue weighted by Gasteiger charge is 2.29. The minimum atomic E-state index is -0.261. The number of nitrogens with one attached hydrogen (secondary N) is 1. The molecule has 1 aliphatic heterocycles. The lowest BCUT2D eigenvalue weighted by atomic mass is 9.78. The molecule has 30 heavy (non-hydrogen) atoms. The summed E-state index contributed by atoms with van der Waals surface area (Å²) >= 11 is 0. The van der Waals surface area contributed by atoms with Gasteiger partial charge in [-0.05, 0) is 46.7 Å². The minimum Gasteiger partial charge on any atom is -0.467 e. The first-order valence-corrected chi connectivity index (χ1v) is 10.1. The number of hydrogen-bond donors (Lipinski definition) is 1. The van der Waals surface area contributed by atoms with Crippen LogP contribution in [0, 0.1) is 0 Å². The van der Waals surface area contributed by atoms with E-state index in [9.17, 15) is 4.79 Å². The number of anilines is 1. The predicted octanol–water partition coefficient (Wildman–Crippen LogP) is 5.64. The van der Waals surface area contributed by atoms with Gasteiger partial charge in [-0.25, -0.2) is 0 Å². The van der Waals surface area contributed by atoms with Gasteiger partial charge in [0.2, 0.25) is 0 Å². The van der Waals surface area contributed by atoms with Crippen LogP contribution in [-0.2, 0) is 20.4 Å². The van der Waals surface area contributed by atoms with Crippen LogP contribution >= 0.6 is 0 Å². The number of fused-ring (bicyclic) bond motifs is 1. The molecule has 5 heteroatoms. The monoisotopic (exact) mass is 409 g/mol. The van der Waals surface area contributed by atoms with E-state index >= 15 is 0 Å². The van der Waals surface area contributed by atoms with Gasteiger partial charge in [-0.2, -0.15) is 0 Å². The van der Waals surface area contributed by atoms with Crippen LogP contribution in [0.25, 0.3) is 6.08 Å². The van der Waals surface area contributed by atoms with Gasteiger partial charge in [0.25, 0.3) is 5.91 Å². The normalized spacial score (nSPS) is 15.4. The number of methoxy groups -OCH3 is 1. The fourth-order valence-electron chi connectivity index (χ4n) is 3.38. The molecular weight excluding hydrogens is 378 g/mol. The van der Waals surface area contributed by atoms with E-state index in [1.807, 2.05) is 24.3 Å². The molecule has 0 bridgehead atoms. The van der Waals surface area contributed by atoms with E-state index in [1.165, 1.54) is 0 Å². The third kappa shape index (κ3) is 4.68. The molecule has 0 fully saturated rings. The molecule has 1 N–H and O–H groups in total. The Labute approximate surface area is 179 Å². The Balaban J connectivity index is 2.14. The first-order chi connectivity index (χ1) is 14.0. The molecular formula is C25H31NO4. The molecule has 0 saturated heterocycles. The van der Waals surface area contributed by atoms with Gasteiger partial charge in [-0.3, -0.25) is 4.79 Å². The number of para-hydroxylation sites is 2. The summed E-state index contributed by atoms with van der Waals surface area (Å²) in [6.07, 6.45) is 1.79. The van der Waals surface area contributed by atoms with Crippen molar-refractivity contribution in [2.24, 2.45) is 0 Å². The van der Waals surface area contributed by atoms with Crippen LogP contribution in [0.4, 0.5) is 5.69 Å². The Kier molecular flexibility index (Phi) is 5.95. The van der Waals surface area contributed by atoms with E-state index in [2.05, 4.69) is 59.0 Å². The molecule has 0 radical (unpaired) electrons. The summed E-state index contributed by atoms with van der Waals surface area (Å²) in [6.45, 7) is 13.0. The maximum absolute atomic E-state index is 12.6. The first-order valence-electron chi connectivity index (χ1n) is 10.1. The maximum atomic E-state index is 12.6. The SMILES string of the molecule is COCOc1c(C(C)(C)C)cc(C=C2Oc3ccccc3NC2=O)cc1C(C)(C)C. The van der Waals surface area contributed by atoms with E-state index < -0.39 is 0 Å². The second-order valence-electron chi connectivity index (χ2n) is 9.56. The topological polar surface area (TPSA) is 56.8 Å². The molecule has 1 heterocycles. The number of rotatable bonds is 4. The number of carbonyl (C=O) groups is 1. The highest BCUT2D eigenvalue weighted by molar-refractivity contribution is 6.08. The zero-order valence-corrected chi connectivity index (χ0v) is 18.9. The van der Waals surface area contributed by atoms with Crippen LogP contribution in [0.5, 0.6) is 11.5 Å². The van der Waals surface area contributed by atoms with E-state index in [0.717, 1.165) is 22.4 Å². The van der Waals surface area contributed by atoms with E-state index in [1.54, 1.807) is 13.2 Å². The van der Waals surface area contributed by atoms with Crippen molar-refractivity contribution >= 4 is 17.7 Å². The molecule has 2 aromatic rings. The zero-order valence-electron chi connectivity index (χ0n) is 18.9. The van der Waals surface area contributed by atoms with Crippen molar-refractivity contribution in [2.75, 3.05) is 19.2 Å². The van der Waals surface area contributed by atoms with Gasteiger partial charge in [0.1, 0.15) is 5.75 Å². The Morgan fingerprint density at radius 1 is 1.00 bits per heavy atom. The van der Waals surface area contributed by atoms with E-state index in [0.29, 0.717) is 11.4 Å². The molecule has 0 spiro atoms. The predicted molar refractivity (Wildman–Crippen MR) is 120 cm³/mol. The average Bonchev–Trinajstić information content (AvgIpc) is 2.65. The van der Waals surface area contributed by atoms with Gasteiger partial charge >= 0.3 is 0 Å². The largest absolute Gasteiger partial charge is 0.467 e. The van der Waals surface area contributed by atoms with Crippen molar-refractivity contribution in [3.05, 3.63) is 58.8 Å². The molecule has 0 unspecified atom stereocenters.